The van der Waals surface area contributed by atoms with Crippen LogP contribution in [0.5, 0.6) is 5.75 Å². The molecule has 196 valence electrons. The van der Waals surface area contributed by atoms with E-state index in [2.05, 4.69) is 0 Å². The summed E-state index contributed by atoms with van der Waals surface area (Å²) in [5, 5.41) is 13.2. The quantitative estimate of drug-likeness (QED) is 0.519. The molecule has 2 fully saturated rings. The highest BCUT2D eigenvalue weighted by Gasteiger charge is 2.48. The molecule has 7 nitrogen and oxygen atoms in total. The molecule has 1 unspecified atom stereocenters. The van der Waals surface area contributed by atoms with Gasteiger partial charge in [0.05, 0.1) is 19.2 Å². The summed E-state index contributed by atoms with van der Waals surface area (Å²) in [5.74, 6) is -2.70. The van der Waals surface area contributed by atoms with Crippen molar-refractivity contribution in [1.29, 1.82) is 0 Å². The monoisotopic (exact) mass is 555 g/mol. The van der Waals surface area contributed by atoms with Gasteiger partial charge in [0.1, 0.15) is 11.6 Å². The fourth-order valence-corrected chi connectivity index (χ4v) is 7.85. The summed E-state index contributed by atoms with van der Waals surface area (Å²) in [6.45, 7) is 0.449. The average Bonchev–Trinajstić information content (AvgIpc) is 3.75. The van der Waals surface area contributed by atoms with Crippen molar-refractivity contribution in [2.24, 2.45) is 0 Å². The van der Waals surface area contributed by atoms with Crippen molar-refractivity contribution in [1.82, 2.24) is 9.58 Å². The highest BCUT2D eigenvalue weighted by molar-refractivity contribution is 8.00. The van der Waals surface area contributed by atoms with Gasteiger partial charge in [-0.05, 0) is 36.1 Å². The van der Waals surface area contributed by atoms with E-state index in [0.717, 1.165) is 29.4 Å². The van der Waals surface area contributed by atoms with E-state index in [9.17, 15) is 19.1 Å². The lowest BCUT2D eigenvalue weighted by Crippen LogP contribution is -2.67. The number of morpholine rings is 1. The number of carbonyl (C=O) groups excluding carboxylic acids is 1. The molecule has 0 radical (unpaired) electrons. The van der Waals surface area contributed by atoms with Crippen molar-refractivity contribution < 1.29 is 23.4 Å². The van der Waals surface area contributed by atoms with Crippen LogP contribution in [-0.4, -0.2) is 50.6 Å². The lowest BCUT2D eigenvalue weighted by Gasteiger charge is -2.52. The maximum atomic E-state index is 15.2. The van der Waals surface area contributed by atoms with E-state index in [1.807, 2.05) is 29.3 Å². The topological polar surface area (TPSA) is 75.0 Å². The van der Waals surface area contributed by atoms with Crippen LogP contribution in [0.25, 0.3) is 0 Å². The van der Waals surface area contributed by atoms with E-state index < -0.39 is 40.9 Å². The summed E-state index contributed by atoms with van der Waals surface area (Å²) in [7, 11) is 0. The maximum absolute atomic E-state index is 15.2. The fraction of sp³-hybridized carbons (Fsp3) is 0.333. The third-order valence-electron chi connectivity index (χ3n) is 7.45. The minimum Gasteiger partial charge on any atom is -0.502 e. The molecule has 1 saturated carbocycles. The molecule has 3 atom stereocenters. The number of pyridine rings is 1. The van der Waals surface area contributed by atoms with Gasteiger partial charge >= 0.3 is 0 Å². The highest BCUT2D eigenvalue weighted by atomic mass is 32.2. The van der Waals surface area contributed by atoms with Gasteiger partial charge in [0.15, 0.2) is 23.1 Å². The molecule has 1 aliphatic carbocycles. The Morgan fingerprint density at radius 3 is 2.68 bits per heavy atom. The van der Waals surface area contributed by atoms with Crippen LogP contribution in [0.4, 0.5) is 8.78 Å². The Hall–Kier alpha value is -3.02. The number of halogens is 2. The lowest BCUT2D eigenvalue weighted by molar-refractivity contribution is -0.0324. The molecule has 3 aliphatic heterocycles. The number of ether oxygens (including phenoxy) is 1. The Bertz CT molecular complexity index is 1530. The van der Waals surface area contributed by atoms with Crippen LogP contribution in [0.2, 0.25) is 0 Å². The zero-order chi connectivity index (χ0) is 26.1. The van der Waals surface area contributed by atoms with Gasteiger partial charge < -0.3 is 14.7 Å². The van der Waals surface area contributed by atoms with Gasteiger partial charge in [-0.3, -0.25) is 19.3 Å². The first kappa shape index (κ1) is 24.1. The molecule has 38 heavy (non-hydrogen) atoms. The normalized spacial score (nSPS) is 24.3. The van der Waals surface area contributed by atoms with E-state index in [0.29, 0.717) is 10.8 Å². The van der Waals surface area contributed by atoms with E-state index >= 15 is 4.39 Å². The van der Waals surface area contributed by atoms with Crippen molar-refractivity contribution in [3.8, 4) is 5.75 Å². The number of fused-ring (bicyclic) bond motifs is 4. The maximum Gasteiger partial charge on any atom is 0.278 e. The second kappa shape index (κ2) is 9.03. The number of thioether (sulfide) groups is 2. The first-order valence-electron chi connectivity index (χ1n) is 12.4. The van der Waals surface area contributed by atoms with Crippen LogP contribution in [-0.2, 0) is 10.5 Å². The molecule has 2 aromatic carbocycles. The number of amides is 1. The van der Waals surface area contributed by atoms with Crippen LogP contribution in [0.15, 0.2) is 58.4 Å². The van der Waals surface area contributed by atoms with Gasteiger partial charge in [-0.15, -0.1) is 23.5 Å². The molecule has 1 amide bonds. The van der Waals surface area contributed by atoms with Gasteiger partial charge in [0, 0.05) is 33.7 Å². The third-order valence-corrected chi connectivity index (χ3v) is 10.0. The summed E-state index contributed by atoms with van der Waals surface area (Å²) in [5.41, 5.74) is 0.592. The lowest BCUT2D eigenvalue weighted by atomic mass is 9.93. The Labute approximate surface area is 225 Å². The number of aromatic nitrogens is 1. The summed E-state index contributed by atoms with van der Waals surface area (Å²) < 4.78 is 37.4. The Balaban J connectivity index is 1.45. The van der Waals surface area contributed by atoms with E-state index in [-0.39, 0.29) is 35.6 Å². The summed E-state index contributed by atoms with van der Waals surface area (Å²) >= 11 is 3.11. The molecule has 4 heterocycles. The molecule has 7 rings (SSSR count). The van der Waals surface area contributed by atoms with Gasteiger partial charge in [0.2, 0.25) is 5.43 Å². The highest BCUT2D eigenvalue weighted by Crippen LogP contribution is 2.46. The molecule has 4 aliphatic rings. The van der Waals surface area contributed by atoms with Crippen molar-refractivity contribution in [2.75, 3.05) is 18.2 Å². The molecule has 3 aromatic rings. The first-order valence-corrected chi connectivity index (χ1v) is 14.3. The number of rotatable bonds is 3. The van der Waals surface area contributed by atoms with E-state index in [1.54, 1.807) is 22.7 Å². The Morgan fingerprint density at radius 1 is 1.05 bits per heavy atom. The van der Waals surface area contributed by atoms with Crippen LogP contribution in [0.1, 0.15) is 46.1 Å². The Morgan fingerprint density at radius 2 is 1.87 bits per heavy atom. The number of aromatic hydroxyl groups is 1. The van der Waals surface area contributed by atoms with Crippen molar-refractivity contribution in [3.63, 3.8) is 0 Å². The molecule has 1 aromatic heterocycles. The standard InChI is InChI=1S/C27H23F2N3O4S2/c28-18-8-7-15-17(23(18)29)13-37-20-4-2-1-3-16(20)24(15)32-21-12-36-22(38-14-5-6-14)11-30(21)27(35)25-26(34)19(33)9-10-31(25)32/h1-4,7-10,14,21-22,24,34H,5-6,11-13H2/t21-,22?,24+/m1/s1. The fourth-order valence-electron chi connectivity index (χ4n) is 5.49. The third kappa shape index (κ3) is 3.74. The number of nitrogens with zero attached hydrogens (tertiary/aromatic N) is 3. The number of carbonyl (C=O) groups is 1. The summed E-state index contributed by atoms with van der Waals surface area (Å²) in [6.07, 6.45) is 3.07. The number of hydrogen-bond donors (Lipinski definition) is 1. The predicted octanol–water partition coefficient (Wildman–Crippen LogP) is 4.20. The molecule has 11 heteroatoms. The van der Waals surface area contributed by atoms with Gasteiger partial charge in [-0.1, -0.05) is 24.3 Å². The Kier molecular flexibility index (Phi) is 5.71. The van der Waals surface area contributed by atoms with Crippen LogP contribution in [0, 0.1) is 11.6 Å². The minimum atomic E-state index is -0.924. The van der Waals surface area contributed by atoms with Crippen LogP contribution in [0.3, 0.4) is 0 Å². The first-order chi connectivity index (χ1) is 18.4. The predicted molar refractivity (Wildman–Crippen MR) is 140 cm³/mol. The van der Waals surface area contributed by atoms with Crippen LogP contribution >= 0.6 is 23.5 Å². The molecular formula is C27H23F2N3O4S2. The zero-order valence-electron chi connectivity index (χ0n) is 20.0. The summed E-state index contributed by atoms with van der Waals surface area (Å²) in [4.78, 5) is 28.7. The van der Waals surface area contributed by atoms with E-state index in [1.165, 1.54) is 28.7 Å². The SMILES string of the molecule is O=C1c2c(O)c(=O)ccn2N([C@@H]2c3ccccc3SCc3c2ccc(F)c3F)[C@@H]2COC(SC3CC3)CN12. The van der Waals surface area contributed by atoms with Gasteiger partial charge in [-0.25, -0.2) is 8.78 Å². The minimum absolute atomic E-state index is 0.149. The van der Waals surface area contributed by atoms with Crippen molar-refractivity contribution >= 4 is 29.4 Å². The molecule has 1 N–H and O–H groups in total. The second-order valence-corrected chi connectivity index (χ2v) is 12.3. The largest absolute Gasteiger partial charge is 0.502 e. The van der Waals surface area contributed by atoms with Gasteiger partial charge in [-0.2, -0.15) is 0 Å². The average molecular weight is 556 g/mol. The number of benzene rings is 2. The molecule has 0 bridgehead atoms. The molecule has 1 saturated heterocycles. The van der Waals surface area contributed by atoms with Crippen LogP contribution < -0.4 is 10.4 Å². The van der Waals surface area contributed by atoms with Gasteiger partial charge in [0.25, 0.3) is 5.91 Å². The zero-order valence-corrected chi connectivity index (χ0v) is 21.7. The molecule has 0 spiro atoms. The second-order valence-electron chi connectivity index (χ2n) is 9.80. The smallest absolute Gasteiger partial charge is 0.278 e. The molecular weight excluding hydrogens is 532 g/mol. The van der Waals surface area contributed by atoms with Crippen molar-refractivity contribution in [2.45, 2.75) is 46.4 Å². The number of hydrogen-bond acceptors (Lipinski definition) is 7. The van der Waals surface area contributed by atoms with E-state index in [4.69, 9.17) is 4.74 Å². The summed E-state index contributed by atoms with van der Waals surface area (Å²) in [6, 6.07) is 10.9. The van der Waals surface area contributed by atoms with Crippen molar-refractivity contribution in [3.05, 3.63) is 92.9 Å².